The number of carbonyl (C=O) groups is 2. The van der Waals surface area contributed by atoms with Crippen LogP contribution in [0.2, 0.25) is 0 Å². The minimum atomic E-state index is -1.25. The predicted molar refractivity (Wildman–Crippen MR) is 196 cm³/mol. The number of aliphatic hydroxyl groups excluding tert-OH is 2. The molecule has 7 N–H and O–H groups in total. The summed E-state index contributed by atoms with van der Waals surface area (Å²) in [5.41, 5.74) is 4.49. The zero-order valence-corrected chi connectivity index (χ0v) is 30.9. The van der Waals surface area contributed by atoms with Crippen LogP contribution in [-0.4, -0.2) is 89.3 Å². The van der Waals surface area contributed by atoms with E-state index in [4.69, 9.17) is 30.4 Å². The highest BCUT2D eigenvalue weighted by molar-refractivity contribution is 6.12. The third-order valence-corrected chi connectivity index (χ3v) is 8.83. The molecule has 15 nitrogen and oxygen atoms in total. The number of aromatic nitrogens is 1. The van der Waals surface area contributed by atoms with Crippen molar-refractivity contribution in [1.82, 2.24) is 15.3 Å². The molecule has 16 heteroatoms. The number of para-hydroxylation sites is 1. The topological polar surface area (TPSA) is 207 Å². The van der Waals surface area contributed by atoms with Gasteiger partial charge in [0.1, 0.15) is 18.0 Å². The van der Waals surface area contributed by atoms with E-state index in [1.165, 1.54) is 19.1 Å². The molecule has 1 heterocycles. The van der Waals surface area contributed by atoms with E-state index in [2.05, 4.69) is 10.2 Å². The summed E-state index contributed by atoms with van der Waals surface area (Å²) < 4.78 is 21.4. The molecule has 298 valence electrons. The molecule has 0 fully saturated rings. The van der Waals surface area contributed by atoms with E-state index >= 15 is 0 Å². The number of carbonyl (C=O) groups excluding carboxylic acids is 2. The average Bonchev–Trinajstić information content (AvgIpc) is 3.48. The molecule has 0 saturated heterocycles. The summed E-state index contributed by atoms with van der Waals surface area (Å²) in [7, 11) is 0. The van der Waals surface area contributed by atoms with Crippen LogP contribution < -0.4 is 5.32 Å². The number of nitrogens with one attached hydrogen (secondary N) is 1. The molecule has 0 aliphatic rings. The number of rotatable bonds is 21. The molecule has 0 saturated carbocycles. The maximum Gasteiger partial charge on any atom is 0.308 e. The van der Waals surface area contributed by atoms with Crippen LogP contribution >= 0.6 is 0 Å². The Hall–Kier alpha value is -4.59. The van der Waals surface area contributed by atoms with E-state index in [9.17, 15) is 24.2 Å². The standard InChI is InChI=1S/C39H49FN4O11/c1-25(2)37-36(39(48)41-30-13-8-5-9-14-30)35(27-11-6-4-7-12-27)38(28-16-18-29(40)19-17-28)42(37)21-20-31(45)23-32(46)24-34(47)53-22-10-15-33(55-44(51)52)26(3)54-43(49)50/h4-9,11-14,16-19,25-26,31-33,45-46,49-52H,10,15,20-24H2,1-3H3,(H,41,48). The van der Waals surface area contributed by atoms with Crippen molar-refractivity contribution in [3.05, 3.63) is 102 Å². The quantitative estimate of drug-likeness (QED) is 0.0281. The summed E-state index contributed by atoms with van der Waals surface area (Å²) in [5, 5.41) is 59.4. The summed E-state index contributed by atoms with van der Waals surface area (Å²) >= 11 is 0. The summed E-state index contributed by atoms with van der Waals surface area (Å²) in [6.45, 7) is 5.38. The molecule has 1 aromatic heterocycles. The number of nitrogens with zero attached hydrogens (tertiary/aromatic N) is 3. The fourth-order valence-electron chi connectivity index (χ4n) is 6.43. The summed E-state index contributed by atoms with van der Waals surface area (Å²) in [4.78, 5) is 36.1. The SMILES string of the molecule is CC(C)c1c(C(=O)Nc2ccccc2)c(-c2ccccc2)c(-c2ccc(F)cc2)n1CCC(O)CC(O)CC(=O)OCCCC(ON(O)O)C(C)ON(O)O. The molecule has 0 bridgehead atoms. The summed E-state index contributed by atoms with van der Waals surface area (Å²) in [5.74, 6) is -1.66. The molecule has 0 aliphatic heterocycles. The van der Waals surface area contributed by atoms with Gasteiger partial charge in [0, 0.05) is 23.5 Å². The normalized spacial score (nSPS) is 13.9. The predicted octanol–water partition coefficient (Wildman–Crippen LogP) is 6.33. The molecule has 0 spiro atoms. The van der Waals surface area contributed by atoms with Gasteiger partial charge in [-0.3, -0.25) is 30.4 Å². The molecule has 3 aromatic carbocycles. The van der Waals surface area contributed by atoms with E-state index in [1.807, 2.05) is 66.9 Å². The van der Waals surface area contributed by atoms with Gasteiger partial charge in [-0.15, -0.1) is 0 Å². The van der Waals surface area contributed by atoms with Gasteiger partial charge in [0.2, 0.25) is 0 Å². The first-order chi connectivity index (χ1) is 26.2. The van der Waals surface area contributed by atoms with Gasteiger partial charge < -0.3 is 24.8 Å². The van der Waals surface area contributed by atoms with E-state index in [-0.39, 0.29) is 50.7 Å². The maximum atomic E-state index is 14.2. The highest BCUT2D eigenvalue weighted by Crippen LogP contribution is 2.42. The second kappa shape index (κ2) is 20.9. The van der Waals surface area contributed by atoms with Gasteiger partial charge in [-0.05, 0) is 86.1 Å². The molecular weight excluding hydrogens is 719 g/mol. The maximum absolute atomic E-state index is 14.2. The molecule has 0 radical (unpaired) electrons. The van der Waals surface area contributed by atoms with Crippen molar-refractivity contribution < 1.29 is 59.4 Å². The number of anilines is 1. The molecule has 4 atom stereocenters. The molecule has 0 aliphatic carbocycles. The van der Waals surface area contributed by atoms with Crippen LogP contribution in [0.1, 0.15) is 74.8 Å². The van der Waals surface area contributed by atoms with E-state index in [0.29, 0.717) is 33.8 Å². The Bertz CT molecular complexity index is 1790. The van der Waals surface area contributed by atoms with Gasteiger partial charge in [-0.1, -0.05) is 62.4 Å². The molecular formula is C39H49FN4O11. The minimum Gasteiger partial charge on any atom is -0.466 e. The zero-order chi connectivity index (χ0) is 40.1. The largest absolute Gasteiger partial charge is 0.466 e. The van der Waals surface area contributed by atoms with Crippen molar-refractivity contribution in [2.75, 3.05) is 11.9 Å². The number of amides is 1. The Morgan fingerprint density at radius 1 is 0.800 bits per heavy atom. The average molecular weight is 769 g/mol. The second-order valence-corrected chi connectivity index (χ2v) is 13.3. The minimum absolute atomic E-state index is 0.0421. The number of ether oxygens (including phenoxy) is 1. The van der Waals surface area contributed by atoms with Crippen LogP contribution in [0, 0.1) is 5.82 Å². The zero-order valence-electron chi connectivity index (χ0n) is 30.9. The fraction of sp³-hybridized carbons (Fsp3) is 0.385. The lowest BCUT2D eigenvalue weighted by molar-refractivity contribution is -0.537. The van der Waals surface area contributed by atoms with Crippen molar-refractivity contribution in [2.45, 2.75) is 89.8 Å². The van der Waals surface area contributed by atoms with E-state index in [0.717, 1.165) is 5.56 Å². The van der Waals surface area contributed by atoms with Crippen LogP contribution in [0.3, 0.4) is 0 Å². The van der Waals surface area contributed by atoms with Crippen molar-refractivity contribution in [1.29, 1.82) is 0 Å². The molecule has 4 rings (SSSR count). The third-order valence-electron chi connectivity index (χ3n) is 8.83. The highest BCUT2D eigenvalue weighted by atomic mass is 19.1. The van der Waals surface area contributed by atoms with Crippen LogP contribution in [0.15, 0.2) is 84.9 Å². The first-order valence-corrected chi connectivity index (χ1v) is 17.9. The van der Waals surface area contributed by atoms with Crippen LogP contribution in [0.5, 0.6) is 0 Å². The lowest BCUT2D eigenvalue weighted by Crippen LogP contribution is -2.37. The number of hydrogen-bond acceptors (Lipinski definition) is 13. The molecule has 1 amide bonds. The van der Waals surface area contributed by atoms with Crippen molar-refractivity contribution >= 4 is 17.6 Å². The first-order valence-electron chi connectivity index (χ1n) is 17.9. The lowest BCUT2D eigenvalue weighted by atomic mass is 9.94. The first kappa shape index (κ1) is 43.1. The number of aliphatic hydroxyl groups is 2. The third kappa shape index (κ3) is 12.7. The second-order valence-electron chi connectivity index (χ2n) is 13.3. The van der Waals surface area contributed by atoms with Crippen LogP contribution in [0.4, 0.5) is 10.1 Å². The Balaban J connectivity index is 1.51. The summed E-state index contributed by atoms with van der Waals surface area (Å²) in [6.07, 6.45) is -4.68. The Kier molecular flexibility index (Phi) is 16.4. The van der Waals surface area contributed by atoms with E-state index in [1.54, 1.807) is 24.3 Å². The van der Waals surface area contributed by atoms with Crippen molar-refractivity contribution in [2.24, 2.45) is 0 Å². The van der Waals surface area contributed by atoms with Crippen LogP contribution in [0.25, 0.3) is 22.4 Å². The number of esters is 1. The lowest BCUT2D eigenvalue weighted by Gasteiger charge is -2.24. The van der Waals surface area contributed by atoms with E-state index < -0.39 is 53.4 Å². The van der Waals surface area contributed by atoms with Gasteiger partial charge in [-0.2, -0.15) is 0 Å². The Morgan fingerprint density at radius 3 is 2.02 bits per heavy atom. The molecule has 4 aromatic rings. The van der Waals surface area contributed by atoms with Gasteiger partial charge in [0.15, 0.2) is 0 Å². The number of halogens is 1. The fourth-order valence-corrected chi connectivity index (χ4v) is 6.43. The van der Waals surface area contributed by atoms with Crippen molar-refractivity contribution in [3.8, 4) is 22.4 Å². The van der Waals surface area contributed by atoms with Gasteiger partial charge in [0.25, 0.3) is 5.91 Å². The number of benzene rings is 3. The molecule has 55 heavy (non-hydrogen) atoms. The van der Waals surface area contributed by atoms with Crippen LogP contribution in [-0.2, 0) is 25.8 Å². The Morgan fingerprint density at radius 2 is 1.42 bits per heavy atom. The number of hydrogen-bond donors (Lipinski definition) is 7. The summed E-state index contributed by atoms with van der Waals surface area (Å²) in [6, 6.07) is 24.5. The monoisotopic (exact) mass is 768 g/mol. The smallest absolute Gasteiger partial charge is 0.308 e. The highest BCUT2D eigenvalue weighted by Gasteiger charge is 2.31. The van der Waals surface area contributed by atoms with Crippen molar-refractivity contribution in [3.63, 3.8) is 0 Å². The van der Waals surface area contributed by atoms with Gasteiger partial charge in [0.05, 0.1) is 47.3 Å². The Labute approximate surface area is 318 Å². The van der Waals surface area contributed by atoms with Gasteiger partial charge in [-0.25, -0.2) is 14.1 Å². The molecule has 4 unspecified atom stereocenters. The van der Waals surface area contributed by atoms with Gasteiger partial charge >= 0.3 is 5.97 Å².